The number of aliphatic hydroxyl groups is 11. The molecule has 0 aromatic rings. The van der Waals surface area contributed by atoms with Gasteiger partial charge in [0.2, 0.25) is 5.91 Å². The molecule has 0 bridgehead atoms. The summed E-state index contributed by atoms with van der Waals surface area (Å²) in [5, 5.41) is 119. The molecule has 0 radical (unpaired) electrons. The molecule has 12 N–H and O–H groups in total. The second-order valence-corrected chi connectivity index (χ2v) is 22.2. The summed E-state index contributed by atoms with van der Waals surface area (Å²) in [6.45, 7) is 1.42. The van der Waals surface area contributed by atoms with Crippen LogP contribution in [-0.4, -0.2) is 193 Å². The lowest BCUT2D eigenvalue weighted by Crippen LogP contribution is -2.66. The van der Waals surface area contributed by atoms with Crippen LogP contribution in [0.1, 0.15) is 206 Å². The fraction of sp³-hybridized carbons (Fsp3) is 0.883. The third kappa shape index (κ3) is 27.5. The molecule has 3 rings (SSSR count). The van der Waals surface area contributed by atoms with Crippen LogP contribution in [0, 0.1) is 0 Å². The summed E-state index contributed by atoms with van der Waals surface area (Å²) in [7, 11) is 0. The SMILES string of the molecule is CCCCCCCCCCCCCCCCCCCCCCCC/C=C/CC/C=C/CC/C=C/C(O)C(COC1OC(CO)C(OC2OC(CO)C(OC3OC(CO)C(O)C(O)C3O)C(O)C2O)C(O)C1O)NC(=O)CCCC. The van der Waals surface area contributed by atoms with Gasteiger partial charge in [-0.3, -0.25) is 4.79 Å². The summed E-state index contributed by atoms with van der Waals surface area (Å²) in [5.41, 5.74) is 0. The number of carbonyl (C=O) groups is 1. The molecular weight excluding hydrogens is 1020 g/mol. The van der Waals surface area contributed by atoms with E-state index in [1.165, 1.54) is 141 Å². The highest BCUT2D eigenvalue weighted by Gasteiger charge is 2.53. The molecular formula is C60H109NO18. The first-order valence-electron chi connectivity index (χ1n) is 30.7. The fourth-order valence-corrected chi connectivity index (χ4v) is 10.3. The first-order valence-corrected chi connectivity index (χ1v) is 30.7. The molecule has 3 heterocycles. The third-order valence-electron chi connectivity index (χ3n) is 15.4. The second-order valence-electron chi connectivity index (χ2n) is 22.2. The van der Waals surface area contributed by atoms with Crippen LogP contribution < -0.4 is 5.32 Å². The summed E-state index contributed by atoms with van der Waals surface area (Å²) >= 11 is 0. The molecule has 462 valence electrons. The maximum absolute atomic E-state index is 12.8. The Morgan fingerprint density at radius 1 is 0.443 bits per heavy atom. The maximum atomic E-state index is 12.8. The molecule has 0 aromatic carbocycles. The van der Waals surface area contributed by atoms with Gasteiger partial charge in [-0.15, -0.1) is 0 Å². The molecule has 79 heavy (non-hydrogen) atoms. The van der Waals surface area contributed by atoms with Crippen molar-refractivity contribution in [3.8, 4) is 0 Å². The average molecular weight is 1130 g/mol. The van der Waals surface area contributed by atoms with Gasteiger partial charge in [0.1, 0.15) is 73.2 Å². The average Bonchev–Trinajstić information content (AvgIpc) is 3.51. The molecule has 17 atom stereocenters. The largest absolute Gasteiger partial charge is 0.394 e. The second kappa shape index (κ2) is 43.6. The van der Waals surface area contributed by atoms with Gasteiger partial charge in [0.05, 0.1) is 38.6 Å². The van der Waals surface area contributed by atoms with E-state index in [2.05, 4.69) is 36.5 Å². The Bertz CT molecular complexity index is 1590. The number of ether oxygens (including phenoxy) is 6. The van der Waals surface area contributed by atoms with E-state index in [4.69, 9.17) is 28.4 Å². The first-order chi connectivity index (χ1) is 38.3. The lowest BCUT2D eigenvalue weighted by atomic mass is 9.96. The highest BCUT2D eigenvalue weighted by molar-refractivity contribution is 5.76. The number of hydrogen-bond acceptors (Lipinski definition) is 18. The van der Waals surface area contributed by atoms with Crippen molar-refractivity contribution in [3.63, 3.8) is 0 Å². The van der Waals surface area contributed by atoms with Gasteiger partial charge in [-0.25, -0.2) is 0 Å². The minimum absolute atomic E-state index is 0.206. The molecule has 3 fully saturated rings. The molecule has 3 saturated heterocycles. The highest BCUT2D eigenvalue weighted by Crippen LogP contribution is 2.33. The lowest BCUT2D eigenvalue weighted by molar-refractivity contribution is -0.379. The number of aliphatic hydroxyl groups excluding tert-OH is 11. The van der Waals surface area contributed by atoms with Crippen molar-refractivity contribution in [1.29, 1.82) is 0 Å². The zero-order valence-electron chi connectivity index (χ0n) is 48.1. The number of hydrogen-bond donors (Lipinski definition) is 12. The van der Waals surface area contributed by atoms with Crippen molar-refractivity contribution in [2.45, 2.75) is 311 Å². The van der Waals surface area contributed by atoms with E-state index in [0.29, 0.717) is 12.8 Å². The van der Waals surface area contributed by atoms with Crippen LogP contribution >= 0.6 is 0 Å². The molecule has 0 aromatic heterocycles. The van der Waals surface area contributed by atoms with Gasteiger partial charge < -0.3 is 89.9 Å². The minimum Gasteiger partial charge on any atom is -0.394 e. The number of nitrogens with one attached hydrogen (secondary N) is 1. The molecule has 17 unspecified atom stereocenters. The summed E-state index contributed by atoms with van der Waals surface area (Å²) in [6, 6.07) is -0.989. The highest BCUT2D eigenvalue weighted by atomic mass is 16.8. The van der Waals surface area contributed by atoms with Crippen LogP contribution in [0.5, 0.6) is 0 Å². The summed E-state index contributed by atoms with van der Waals surface area (Å²) in [4.78, 5) is 12.8. The van der Waals surface area contributed by atoms with Crippen molar-refractivity contribution in [1.82, 2.24) is 5.32 Å². The standard InChI is InChI=1S/C60H109NO18/c1-3-5-7-8-9-10-11-12-13-14-15-16-17-18-19-20-21-22-23-24-25-26-27-28-29-30-31-32-33-34-35-36-37-44(65)43(61-48(66)38-6-4-2)42-74-58-54(72)51(69)56(46(40-63)76-58)79-60-55(73)52(70)57(47(41-64)77-60)78-59-53(71)50(68)49(67)45(39-62)75-59/h28-29,32-33,36-37,43-47,49-60,62-65,67-73H,3-27,30-31,34-35,38-42H2,1-2H3,(H,61,66)/b29-28+,33-32+,37-36+. The van der Waals surface area contributed by atoms with E-state index in [9.17, 15) is 61.0 Å². The van der Waals surface area contributed by atoms with Gasteiger partial charge >= 0.3 is 0 Å². The predicted molar refractivity (Wildman–Crippen MR) is 300 cm³/mol. The van der Waals surface area contributed by atoms with Crippen molar-refractivity contribution in [2.75, 3.05) is 26.4 Å². The first kappa shape index (κ1) is 71.3. The van der Waals surface area contributed by atoms with Gasteiger partial charge in [0.15, 0.2) is 18.9 Å². The Balaban J connectivity index is 1.31. The van der Waals surface area contributed by atoms with Crippen LogP contribution in [-0.2, 0) is 33.2 Å². The number of unbranched alkanes of at least 4 members (excludes halogenated alkanes) is 25. The molecule has 19 nitrogen and oxygen atoms in total. The predicted octanol–water partition coefficient (Wildman–Crippen LogP) is 5.71. The summed E-state index contributed by atoms with van der Waals surface area (Å²) in [5.74, 6) is -0.326. The molecule has 19 heteroatoms. The Morgan fingerprint density at radius 2 is 0.810 bits per heavy atom. The van der Waals surface area contributed by atoms with E-state index in [0.717, 1.165) is 32.1 Å². The molecule has 0 aliphatic carbocycles. The van der Waals surface area contributed by atoms with Crippen LogP contribution in [0.25, 0.3) is 0 Å². The molecule has 1 amide bonds. The zero-order valence-corrected chi connectivity index (χ0v) is 48.1. The van der Waals surface area contributed by atoms with Gasteiger partial charge in [0, 0.05) is 6.42 Å². The molecule has 3 aliphatic rings. The Hall–Kier alpha value is -1.99. The van der Waals surface area contributed by atoms with E-state index in [-0.39, 0.29) is 18.9 Å². The van der Waals surface area contributed by atoms with Crippen molar-refractivity contribution in [3.05, 3.63) is 36.5 Å². The smallest absolute Gasteiger partial charge is 0.220 e. The van der Waals surface area contributed by atoms with Gasteiger partial charge in [-0.05, 0) is 44.9 Å². The Labute approximate surface area is 472 Å². The quantitative estimate of drug-likeness (QED) is 0.0257. The zero-order chi connectivity index (χ0) is 57.6. The van der Waals surface area contributed by atoms with Gasteiger partial charge in [0.25, 0.3) is 0 Å². The van der Waals surface area contributed by atoms with E-state index < -0.39 is 124 Å². The van der Waals surface area contributed by atoms with Gasteiger partial charge in [-0.2, -0.15) is 0 Å². The Kier molecular flexibility index (Phi) is 39.4. The summed E-state index contributed by atoms with van der Waals surface area (Å²) in [6.07, 6.45) is 22.0. The maximum Gasteiger partial charge on any atom is 0.220 e. The van der Waals surface area contributed by atoms with Gasteiger partial charge in [-0.1, -0.05) is 192 Å². The molecule has 3 aliphatic heterocycles. The number of allylic oxidation sites excluding steroid dienone is 5. The van der Waals surface area contributed by atoms with E-state index >= 15 is 0 Å². The topological polar surface area (TPSA) is 307 Å². The van der Waals surface area contributed by atoms with E-state index in [1.54, 1.807) is 6.08 Å². The summed E-state index contributed by atoms with van der Waals surface area (Å²) < 4.78 is 33.9. The van der Waals surface area contributed by atoms with Crippen molar-refractivity contribution in [2.24, 2.45) is 0 Å². The monoisotopic (exact) mass is 1130 g/mol. The van der Waals surface area contributed by atoms with E-state index in [1.807, 2.05) is 13.0 Å². The molecule has 0 spiro atoms. The van der Waals surface area contributed by atoms with Crippen LogP contribution in [0.2, 0.25) is 0 Å². The Morgan fingerprint density at radius 3 is 1.25 bits per heavy atom. The van der Waals surface area contributed by atoms with Crippen LogP contribution in [0.15, 0.2) is 36.5 Å². The number of rotatable bonds is 45. The number of carbonyl (C=O) groups excluding carboxylic acids is 1. The fourth-order valence-electron chi connectivity index (χ4n) is 10.3. The van der Waals surface area contributed by atoms with Crippen molar-refractivity contribution < 1.29 is 89.4 Å². The van der Waals surface area contributed by atoms with Crippen LogP contribution in [0.3, 0.4) is 0 Å². The third-order valence-corrected chi connectivity index (χ3v) is 15.4. The number of amides is 1. The molecule has 0 saturated carbocycles. The lowest BCUT2D eigenvalue weighted by Gasteiger charge is -2.48. The minimum atomic E-state index is -1.98. The van der Waals surface area contributed by atoms with Crippen molar-refractivity contribution >= 4 is 5.91 Å². The normalized spacial score (nSPS) is 30.5. The van der Waals surface area contributed by atoms with Crippen LogP contribution in [0.4, 0.5) is 0 Å².